The Morgan fingerprint density at radius 2 is 1.80 bits per heavy atom. The lowest BCUT2D eigenvalue weighted by atomic mass is 10.1. The topological polar surface area (TPSA) is 99.3 Å². The number of carbonyl (C=O) groups excluding carboxylic acids is 1. The summed E-state index contributed by atoms with van der Waals surface area (Å²) in [5.41, 5.74) is 1.27. The second-order valence-corrected chi connectivity index (χ2v) is 6.70. The quantitative estimate of drug-likeness (QED) is 0.384. The summed E-state index contributed by atoms with van der Waals surface area (Å²) in [6.45, 7) is 1.63. The summed E-state index contributed by atoms with van der Waals surface area (Å²) in [6.07, 6.45) is 0. The van der Waals surface area contributed by atoms with E-state index in [1.54, 1.807) is 25.1 Å². The number of fused-ring (bicyclic) bond motifs is 1. The zero-order chi connectivity index (χ0) is 21.1. The molecule has 0 fully saturated rings. The number of benzene rings is 3. The molecule has 4 aromatic rings. The number of ether oxygens (including phenoxy) is 1. The molecule has 0 aliphatic heterocycles. The van der Waals surface area contributed by atoms with E-state index in [2.05, 4.69) is 10.4 Å². The van der Waals surface area contributed by atoms with Crippen LogP contribution in [0.4, 0.5) is 11.5 Å². The number of hydrogen-bond donors (Lipinski definition) is 1. The molecular formula is C22H18N4O4. The Morgan fingerprint density at radius 1 is 1.07 bits per heavy atom. The minimum atomic E-state index is -0.467. The number of rotatable bonds is 6. The van der Waals surface area contributed by atoms with E-state index < -0.39 is 4.92 Å². The lowest BCUT2D eigenvalue weighted by Crippen LogP contribution is -2.21. The van der Waals surface area contributed by atoms with Crippen LogP contribution in [0.3, 0.4) is 0 Å². The van der Waals surface area contributed by atoms with Gasteiger partial charge in [-0.25, -0.2) is 4.68 Å². The number of nitrogens with one attached hydrogen (secondary N) is 1. The highest BCUT2D eigenvalue weighted by Gasteiger charge is 2.13. The number of nitrogens with zero attached hydrogens (tertiary/aromatic N) is 3. The van der Waals surface area contributed by atoms with Crippen LogP contribution >= 0.6 is 0 Å². The molecule has 0 aliphatic carbocycles. The molecule has 3 aromatic carbocycles. The summed E-state index contributed by atoms with van der Waals surface area (Å²) in [5, 5.41) is 20.1. The Bertz CT molecular complexity index is 1230. The number of anilines is 1. The Labute approximate surface area is 171 Å². The Kier molecular flexibility index (Phi) is 5.13. The minimum absolute atomic E-state index is 0.0167. The molecule has 4 rings (SSSR count). The molecule has 0 radical (unpaired) electrons. The molecule has 8 heteroatoms. The van der Waals surface area contributed by atoms with E-state index in [0.717, 1.165) is 10.8 Å². The number of carbonyl (C=O) groups is 1. The van der Waals surface area contributed by atoms with Gasteiger partial charge in [0.1, 0.15) is 11.6 Å². The molecular weight excluding hydrogens is 384 g/mol. The lowest BCUT2D eigenvalue weighted by molar-refractivity contribution is -0.384. The second kappa shape index (κ2) is 8.04. The molecule has 30 heavy (non-hydrogen) atoms. The average Bonchev–Trinajstić information content (AvgIpc) is 3.12. The predicted molar refractivity (Wildman–Crippen MR) is 113 cm³/mol. The smallest absolute Gasteiger partial charge is 0.269 e. The van der Waals surface area contributed by atoms with Crippen molar-refractivity contribution >= 4 is 28.2 Å². The fourth-order valence-electron chi connectivity index (χ4n) is 3.09. The van der Waals surface area contributed by atoms with Crippen LogP contribution < -0.4 is 10.1 Å². The van der Waals surface area contributed by atoms with Crippen molar-refractivity contribution in [3.8, 4) is 11.4 Å². The van der Waals surface area contributed by atoms with E-state index in [9.17, 15) is 14.9 Å². The molecule has 0 saturated carbocycles. The van der Waals surface area contributed by atoms with Crippen molar-refractivity contribution in [3.05, 3.63) is 88.6 Å². The summed E-state index contributed by atoms with van der Waals surface area (Å²) < 4.78 is 7.15. The van der Waals surface area contributed by atoms with Crippen LogP contribution in [-0.4, -0.2) is 27.2 Å². The lowest BCUT2D eigenvalue weighted by Gasteiger charge is -2.10. The highest BCUT2D eigenvalue weighted by molar-refractivity contribution is 5.91. The molecule has 0 spiro atoms. The van der Waals surface area contributed by atoms with E-state index in [-0.39, 0.29) is 18.2 Å². The highest BCUT2D eigenvalue weighted by atomic mass is 16.6. The third-order valence-corrected chi connectivity index (χ3v) is 4.49. The fraction of sp³-hybridized carbons (Fsp3) is 0.0909. The highest BCUT2D eigenvalue weighted by Crippen LogP contribution is 2.22. The van der Waals surface area contributed by atoms with Gasteiger partial charge < -0.3 is 10.1 Å². The molecule has 1 amide bonds. The summed E-state index contributed by atoms with van der Waals surface area (Å²) in [4.78, 5) is 22.8. The number of non-ortho nitro benzene ring substituents is 1. The normalized spacial score (nSPS) is 10.7. The number of hydrogen-bond acceptors (Lipinski definition) is 5. The van der Waals surface area contributed by atoms with Crippen molar-refractivity contribution in [1.29, 1.82) is 0 Å². The first-order valence-corrected chi connectivity index (χ1v) is 9.22. The van der Waals surface area contributed by atoms with Crippen molar-refractivity contribution < 1.29 is 14.5 Å². The van der Waals surface area contributed by atoms with E-state index in [4.69, 9.17) is 4.74 Å². The van der Waals surface area contributed by atoms with E-state index in [0.29, 0.717) is 22.9 Å². The first-order chi connectivity index (χ1) is 14.5. The number of aryl methyl sites for hydroxylation is 1. The van der Waals surface area contributed by atoms with Gasteiger partial charge in [-0.3, -0.25) is 14.9 Å². The van der Waals surface area contributed by atoms with Crippen molar-refractivity contribution in [3.63, 3.8) is 0 Å². The molecule has 1 aromatic heterocycles. The largest absolute Gasteiger partial charge is 0.484 e. The SMILES string of the molecule is Cc1cc(NC(=O)COc2ccc3ccccc3c2)n(-c2ccc([N+](=O)[O-])cc2)n1. The standard InChI is InChI=1S/C22H18N4O4/c1-15-12-21(25(24-15)18-7-9-19(10-8-18)26(28)29)23-22(27)14-30-20-11-6-16-4-2-3-5-17(16)13-20/h2-13H,14H2,1H3,(H,23,27). The van der Waals surface area contributed by atoms with Crippen molar-refractivity contribution in [2.45, 2.75) is 6.92 Å². The number of nitro benzene ring substituents is 1. The van der Waals surface area contributed by atoms with Crippen LogP contribution in [-0.2, 0) is 4.79 Å². The Hall–Kier alpha value is -4.20. The van der Waals surface area contributed by atoms with E-state index >= 15 is 0 Å². The molecule has 0 unspecified atom stereocenters. The van der Waals surface area contributed by atoms with Crippen LogP contribution in [0.5, 0.6) is 5.75 Å². The van der Waals surface area contributed by atoms with Gasteiger partial charge in [-0.1, -0.05) is 30.3 Å². The maximum atomic E-state index is 12.4. The van der Waals surface area contributed by atoms with E-state index in [1.165, 1.54) is 16.8 Å². The fourth-order valence-corrected chi connectivity index (χ4v) is 3.09. The maximum Gasteiger partial charge on any atom is 0.269 e. The number of aromatic nitrogens is 2. The maximum absolute atomic E-state index is 12.4. The minimum Gasteiger partial charge on any atom is -0.484 e. The molecule has 0 atom stereocenters. The van der Waals surface area contributed by atoms with Crippen molar-refractivity contribution in [2.75, 3.05) is 11.9 Å². The summed E-state index contributed by atoms with van der Waals surface area (Å²) >= 11 is 0. The summed E-state index contributed by atoms with van der Waals surface area (Å²) in [7, 11) is 0. The zero-order valence-corrected chi connectivity index (χ0v) is 16.1. The predicted octanol–water partition coefficient (Wildman–Crippen LogP) is 4.26. The van der Waals surface area contributed by atoms with Gasteiger partial charge in [0.05, 0.1) is 16.3 Å². The Morgan fingerprint density at radius 3 is 2.53 bits per heavy atom. The van der Waals surface area contributed by atoms with Crippen LogP contribution in [0.25, 0.3) is 16.5 Å². The third kappa shape index (κ3) is 4.12. The van der Waals surface area contributed by atoms with Gasteiger partial charge in [0, 0.05) is 18.2 Å². The van der Waals surface area contributed by atoms with Gasteiger partial charge >= 0.3 is 0 Å². The number of nitro groups is 1. The average molecular weight is 402 g/mol. The third-order valence-electron chi connectivity index (χ3n) is 4.49. The van der Waals surface area contributed by atoms with Crippen LogP contribution in [0.1, 0.15) is 5.69 Å². The van der Waals surface area contributed by atoms with Gasteiger partial charge in [-0.05, 0) is 42.0 Å². The molecule has 1 heterocycles. The van der Waals surface area contributed by atoms with Crippen LogP contribution in [0.15, 0.2) is 72.8 Å². The Balaban J connectivity index is 1.46. The van der Waals surface area contributed by atoms with Crippen molar-refractivity contribution in [1.82, 2.24) is 9.78 Å². The van der Waals surface area contributed by atoms with Gasteiger partial charge in [0.25, 0.3) is 11.6 Å². The van der Waals surface area contributed by atoms with E-state index in [1.807, 2.05) is 42.5 Å². The molecule has 1 N–H and O–H groups in total. The summed E-state index contributed by atoms with van der Waals surface area (Å²) in [5.74, 6) is 0.712. The zero-order valence-electron chi connectivity index (χ0n) is 16.1. The van der Waals surface area contributed by atoms with Gasteiger partial charge in [-0.2, -0.15) is 5.10 Å². The number of amides is 1. The van der Waals surface area contributed by atoms with Gasteiger partial charge in [-0.15, -0.1) is 0 Å². The van der Waals surface area contributed by atoms with Gasteiger partial charge in [0.15, 0.2) is 6.61 Å². The second-order valence-electron chi connectivity index (χ2n) is 6.70. The molecule has 0 aliphatic rings. The molecule has 8 nitrogen and oxygen atoms in total. The van der Waals surface area contributed by atoms with Crippen LogP contribution in [0.2, 0.25) is 0 Å². The molecule has 0 bridgehead atoms. The summed E-state index contributed by atoms with van der Waals surface area (Å²) in [6, 6.07) is 21.2. The monoisotopic (exact) mass is 402 g/mol. The molecule has 0 saturated heterocycles. The van der Waals surface area contributed by atoms with Crippen LogP contribution in [0, 0.1) is 17.0 Å². The van der Waals surface area contributed by atoms with Crippen molar-refractivity contribution in [2.24, 2.45) is 0 Å². The first-order valence-electron chi connectivity index (χ1n) is 9.22. The molecule has 150 valence electrons. The van der Waals surface area contributed by atoms with Gasteiger partial charge in [0.2, 0.25) is 0 Å². The first kappa shape index (κ1) is 19.1.